The van der Waals surface area contributed by atoms with E-state index < -0.39 is 12.0 Å². The quantitative estimate of drug-likeness (QED) is 0.786. The fraction of sp³-hybridized carbons (Fsp3) is 0.400. The van der Waals surface area contributed by atoms with Gasteiger partial charge in [0.15, 0.2) is 0 Å². The molecule has 1 N–H and O–H groups in total. The molecule has 0 saturated heterocycles. The Kier molecular flexibility index (Phi) is 3.45. The highest BCUT2D eigenvalue weighted by Crippen LogP contribution is 2.12. The van der Waals surface area contributed by atoms with Crippen molar-refractivity contribution in [2.24, 2.45) is 0 Å². The lowest BCUT2D eigenvalue weighted by Crippen LogP contribution is -2.39. The molecule has 0 aromatic carbocycles. The molecule has 0 amide bonds. The summed E-state index contributed by atoms with van der Waals surface area (Å²) in [5.41, 5.74) is 0. The summed E-state index contributed by atoms with van der Waals surface area (Å²) < 4.78 is 0. The first-order valence-corrected chi connectivity index (χ1v) is 4.57. The highest BCUT2D eigenvalue weighted by molar-refractivity contribution is 5.77. The number of carbonyl (C=O) groups is 1. The van der Waals surface area contributed by atoms with Crippen molar-refractivity contribution in [2.45, 2.75) is 19.9 Å². The van der Waals surface area contributed by atoms with E-state index in [9.17, 15) is 4.79 Å². The van der Waals surface area contributed by atoms with Crippen LogP contribution in [0.15, 0.2) is 24.4 Å². The van der Waals surface area contributed by atoms with E-state index in [1.54, 1.807) is 18.0 Å². The summed E-state index contributed by atoms with van der Waals surface area (Å²) in [7, 11) is 0. The fourth-order valence-corrected chi connectivity index (χ4v) is 1.29. The van der Waals surface area contributed by atoms with Crippen LogP contribution in [-0.4, -0.2) is 28.6 Å². The Morgan fingerprint density at radius 3 is 2.79 bits per heavy atom. The van der Waals surface area contributed by atoms with Crippen molar-refractivity contribution in [2.75, 3.05) is 11.4 Å². The lowest BCUT2D eigenvalue weighted by atomic mass is 10.2. The molecule has 4 heteroatoms. The van der Waals surface area contributed by atoms with Gasteiger partial charge in [-0.2, -0.15) is 0 Å². The number of hydrogen-bond donors (Lipinski definition) is 1. The second kappa shape index (κ2) is 4.60. The molecule has 4 nitrogen and oxygen atoms in total. The fourth-order valence-electron chi connectivity index (χ4n) is 1.29. The predicted molar refractivity (Wildman–Crippen MR) is 54.4 cm³/mol. The van der Waals surface area contributed by atoms with Crippen molar-refractivity contribution >= 4 is 11.8 Å². The van der Waals surface area contributed by atoms with Crippen LogP contribution < -0.4 is 4.90 Å². The molecule has 1 atom stereocenters. The molecule has 1 aromatic heterocycles. The zero-order valence-electron chi connectivity index (χ0n) is 8.34. The van der Waals surface area contributed by atoms with Crippen LogP contribution in [0.2, 0.25) is 0 Å². The molecule has 1 heterocycles. The molecule has 0 aliphatic rings. The topological polar surface area (TPSA) is 53.4 Å². The number of nitrogens with zero attached hydrogens (tertiary/aromatic N) is 2. The van der Waals surface area contributed by atoms with Gasteiger partial charge in [0, 0.05) is 12.7 Å². The highest BCUT2D eigenvalue weighted by Gasteiger charge is 2.19. The number of carboxylic acids is 1. The average molecular weight is 194 g/mol. The number of hydrogen-bond acceptors (Lipinski definition) is 3. The van der Waals surface area contributed by atoms with Crippen LogP contribution in [-0.2, 0) is 4.79 Å². The number of carboxylic acid groups (broad SMARTS) is 1. The largest absolute Gasteiger partial charge is 0.480 e. The molecule has 1 aromatic rings. The van der Waals surface area contributed by atoms with E-state index in [4.69, 9.17) is 5.11 Å². The van der Waals surface area contributed by atoms with Gasteiger partial charge in [-0.25, -0.2) is 9.78 Å². The summed E-state index contributed by atoms with van der Waals surface area (Å²) >= 11 is 0. The maximum Gasteiger partial charge on any atom is 0.326 e. The van der Waals surface area contributed by atoms with Gasteiger partial charge in [0.25, 0.3) is 0 Å². The lowest BCUT2D eigenvalue weighted by Gasteiger charge is -2.25. The second-order valence-corrected chi connectivity index (χ2v) is 2.99. The maximum atomic E-state index is 10.8. The van der Waals surface area contributed by atoms with Crippen LogP contribution >= 0.6 is 0 Å². The third-order valence-corrected chi connectivity index (χ3v) is 2.11. The smallest absolute Gasteiger partial charge is 0.326 e. The molecular formula is C10H14N2O2. The molecular weight excluding hydrogens is 180 g/mol. The van der Waals surface area contributed by atoms with Crippen LogP contribution in [0.3, 0.4) is 0 Å². The van der Waals surface area contributed by atoms with Gasteiger partial charge in [0.05, 0.1) is 0 Å². The number of likely N-dealkylation sites (N-methyl/N-ethyl adjacent to an activating group) is 1. The number of rotatable bonds is 4. The molecule has 14 heavy (non-hydrogen) atoms. The Bertz CT molecular complexity index is 300. The Hall–Kier alpha value is -1.58. The van der Waals surface area contributed by atoms with Crippen molar-refractivity contribution in [3.8, 4) is 0 Å². The summed E-state index contributed by atoms with van der Waals surface area (Å²) in [6.45, 7) is 4.19. The van der Waals surface area contributed by atoms with Crippen molar-refractivity contribution in [1.82, 2.24) is 4.98 Å². The van der Waals surface area contributed by atoms with Gasteiger partial charge >= 0.3 is 5.97 Å². The Morgan fingerprint density at radius 1 is 1.64 bits per heavy atom. The first-order valence-electron chi connectivity index (χ1n) is 4.57. The summed E-state index contributed by atoms with van der Waals surface area (Å²) in [6.07, 6.45) is 1.66. The van der Waals surface area contributed by atoms with Gasteiger partial charge in [0.1, 0.15) is 11.9 Å². The average Bonchev–Trinajstić information content (AvgIpc) is 2.20. The van der Waals surface area contributed by atoms with Crippen LogP contribution in [0.25, 0.3) is 0 Å². The van der Waals surface area contributed by atoms with Crippen molar-refractivity contribution in [3.05, 3.63) is 24.4 Å². The minimum absolute atomic E-state index is 0.546. The molecule has 0 aliphatic carbocycles. The molecule has 0 bridgehead atoms. The van der Waals surface area contributed by atoms with Crippen LogP contribution in [0, 0.1) is 0 Å². The first-order chi connectivity index (χ1) is 6.66. The van der Waals surface area contributed by atoms with Crippen LogP contribution in [0.4, 0.5) is 5.82 Å². The molecule has 0 fully saturated rings. The number of pyridine rings is 1. The standard InChI is InChI=1S/C10H14N2O2/c1-3-12(8(2)10(13)14)9-6-4-5-7-11-9/h4-8H,3H2,1-2H3,(H,13,14)/t8-/m0/s1. The molecule has 76 valence electrons. The molecule has 0 unspecified atom stereocenters. The van der Waals surface area contributed by atoms with E-state index in [0.29, 0.717) is 12.4 Å². The number of anilines is 1. The SMILES string of the molecule is CCN(c1ccccn1)[C@@H](C)C(=O)O. The molecule has 0 saturated carbocycles. The highest BCUT2D eigenvalue weighted by atomic mass is 16.4. The van der Waals surface area contributed by atoms with Gasteiger partial charge in [-0.1, -0.05) is 6.07 Å². The van der Waals surface area contributed by atoms with Gasteiger partial charge in [-0.15, -0.1) is 0 Å². The summed E-state index contributed by atoms with van der Waals surface area (Å²) in [4.78, 5) is 16.7. The normalized spacial score (nSPS) is 12.1. The van der Waals surface area contributed by atoms with Gasteiger partial charge in [-0.3, -0.25) is 0 Å². The van der Waals surface area contributed by atoms with E-state index in [2.05, 4.69) is 4.98 Å². The minimum atomic E-state index is -0.836. The summed E-state index contributed by atoms with van der Waals surface area (Å²) in [5.74, 6) is -0.137. The zero-order chi connectivity index (χ0) is 10.6. The molecule has 1 rings (SSSR count). The van der Waals surface area contributed by atoms with Gasteiger partial charge in [0.2, 0.25) is 0 Å². The zero-order valence-corrected chi connectivity index (χ0v) is 8.34. The predicted octanol–water partition coefficient (Wildman–Crippen LogP) is 1.38. The van der Waals surface area contributed by atoms with Crippen molar-refractivity contribution in [1.29, 1.82) is 0 Å². The lowest BCUT2D eigenvalue weighted by molar-refractivity contribution is -0.138. The number of aromatic nitrogens is 1. The molecule has 0 spiro atoms. The Balaban J connectivity index is 2.87. The second-order valence-electron chi connectivity index (χ2n) is 2.99. The van der Waals surface area contributed by atoms with Gasteiger partial charge < -0.3 is 10.0 Å². The van der Waals surface area contributed by atoms with Gasteiger partial charge in [-0.05, 0) is 26.0 Å². The van der Waals surface area contributed by atoms with E-state index in [-0.39, 0.29) is 0 Å². The van der Waals surface area contributed by atoms with Crippen molar-refractivity contribution in [3.63, 3.8) is 0 Å². The Morgan fingerprint density at radius 2 is 2.36 bits per heavy atom. The molecule has 0 aliphatic heterocycles. The van der Waals surface area contributed by atoms with Crippen molar-refractivity contribution < 1.29 is 9.90 Å². The van der Waals surface area contributed by atoms with E-state index >= 15 is 0 Å². The number of aliphatic carboxylic acids is 1. The Labute approximate surface area is 83.2 Å². The minimum Gasteiger partial charge on any atom is -0.480 e. The van der Waals surface area contributed by atoms with Crippen LogP contribution in [0.5, 0.6) is 0 Å². The third-order valence-electron chi connectivity index (χ3n) is 2.11. The first kappa shape index (κ1) is 10.5. The monoisotopic (exact) mass is 194 g/mol. The van der Waals surface area contributed by atoms with Crippen LogP contribution in [0.1, 0.15) is 13.8 Å². The third kappa shape index (κ3) is 2.22. The van der Waals surface area contributed by atoms with E-state index in [1.807, 2.05) is 25.1 Å². The summed E-state index contributed by atoms with van der Waals surface area (Å²) in [5, 5.41) is 8.88. The van der Waals surface area contributed by atoms with E-state index in [1.165, 1.54) is 0 Å². The summed E-state index contributed by atoms with van der Waals surface area (Å²) in [6, 6.07) is 4.92. The maximum absolute atomic E-state index is 10.8. The molecule has 0 radical (unpaired) electrons. The van der Waals surface area contributed by atoms with E-state index in [0.717, 1.165) is 0 Å².